The van der Waals surface area contributed by atoms with Crippen molar-refractivity contribution < 1.29 is 14.4 Å². The van der Waals surface area contributed by atoms with Gasteiger partial charge < -0.3 is 32.7 Å². The molecule has 38 heavy (non-hydrogen) atoms. The number of carbonyl (C=O) groups excluding carboxylic acids is 3. The first-order valence-electron chi connectivity index (χ1n) is 12.6. The largest absolute Gasteiger partial charge is 0.343 e. The average molecular weight is 521 g/mol. The first kappa shape index (κ1) is 28.6. The maximum atomic E-state index is 13.3. The van der Waals surface area contributed by atoms with Crippen molar-refractivity contribution in [2.75, 3.05) is 31.5 Å². The molecular weight excluding hydrogens is 484 g/mol. The van der Waals surface area contributed by atoms with Gasteiger partial charge >= 0.3 is 0 Å². The van der Waals surface area contributed by atoms with Crippen molar-refractivity contribution in [3.05, 3.63) is 65.7 Å². The number of carbonyl (C=O) groups is 3. The number of nitrogens with two attached hydrogens (primary N) is 3. The van der Waals surface area contributed by atoms with E-state index in [-0.39, 0.29) is 31.0 Å². The smallest absolute Gasteiger partial charge is 0.248 e. The second-order valence-corrected chi connectivity index (χ2v) is 9.13. The van der Waals surface area contributed by atoms with Gasteiger partial charge in [0.05, 0.1) is 11.6 Å². The van der Waals surface area contributed by atoms with E-state index in [9.17, 15) is 14.4 Å². The predicted octanol–water partition coefficient (Wildman–Crippen LogP) is 0.458. The lowest BCUT2D eigenvalue weighted by Gasteiger charge is -2.23. The van der Waals surface area contributed by atoms with E-state index in [1.165, 1.54) is 0 Å². The van der Waals surface area contributed by atoms with E-state index in [4.69, 9.17) is 17.2 Å². The summed E-state index contributed by atoms with van der Waals surface area (Å²) in [6, 6.07) is 14.9. The first-order valence-corrected chi connectivity index (χ1v) is 12.6. The molecule has 0 bridgehead atoms. The zero-order chi connectivity index (χ0) is 27.5. The molecule has 0 aliphatic heterocycles. The summed E-state index contributed by atoms with van der Waals surface area (Å²) in [5, 5.41) is 14.5. The molecule has 0 radical (unpaired) electrons. The Morgan fingerprint density at radius 1 is 0.947 bits per heavy atom. The maximum Gasteiger partial charge on any atom is 0.248 e. The summed E-state index contributed by atoms with van der Waals surface area (Å²) in [5.74, 6) is -0.887. The van der Waals surface area contributed by atoms with E-state index >= 15 is 0 Å². The van der Waals surface area contributed by atoms with Crippen LogP contribution in [0, 0.1) is 6.92 Å². The molecule has 2 atom stereocenters. The predicted molar refractivity (Wildman–Crippen MR) is 147 cm³/mol. The van der Waals surface area contributed by atoms with Gasteiger partial charge in [0.25, 0.3) is 0 Å². The van der Waals surface area contributed by atoms with Crippen molar-refractivity contribution in [2.24, 2.45) is 17.2 Å². The van der Waals surface area contributed by atoms with Crippen molar-refractivity contribution in [1.29, 1.82) is 0 Å². The Morgan fingerprint density at radius 2 is 1.63 bits per heavy atom. The number of nitrogens with one attached hydrogen (secondary N) is 2. The van der Waals surface area contributed by atoms with E-state index in [1.807, 2.05) is 55.5 Å². The minimum Gasteiger partial charge on any atom is -0.343 e. The Balaban J connectivity index is 1.68. The number of aromatic nitrogens is 2. The lowest BCUT2D eigenvalue weighted by molar-refractivity contribution is -0.131. The van der Waals surface area contributed by atoms with Crippen LogP contribution < -0.4 is 27.8 Å². The third kappa shape index (κ3) is 8.30. The van der Waals surface area contributed by atoms with Gasteiger partial charge in [-0.15, -0.1) is 10.2 Å². The van der Waals surface area contributed by atoms with E-state index in [0.717, 1.165) is 16.5 Å². The first-order chi connectivity index (χ1) is 18.3. The van der Waals surface area contributed by atoms with Gasteiger partial charge in [-0.2, -0.15) is 0 Å². The summed E-state index contributed by atoms with van der Waals surface area (Å²) in [6.07, 6.45) is 0.423. The Morgan fingerprint density at radius 3 is 2.32 bits per heavy atom. The summed E-state index contributed by atoms with van der Waals surface area (Å²) in [6.45, 7) is 3.36. The van der Waals surface area contributed by atoms with Gasteiger partial charge in [-0.1, -0.05) is 48.0 Å². The van der Waals surface area contributed by atoms with E-state index in [1.54, 1.807) is 11.0 Å². The maximum absolute atomic E-state index is 13.3. The molecule has 0 fully saturated rings. The topological polar surface area (TPSA) is 182 Å². The molecule has 3 rings (SSSR count). The molecule has 0 spiro atoms. The molecule has 0 aliphatic rings. The van der Waals surface area contributed by atoms with Gasteiger partial charge in [-0.25, -0.2) is 0 Å². The van der Waals surface area contributed by atoms with Crippen LogP contribution in [0.15, 0.2) is 54.6 Å². The lowest BCUT2D eigenvalue weighted by atomic mass is 10.0. The monoisotopic (exact) mass is 520 g/mol. The second kappa shape index (κ2) is 14.1. The number of rotatable bonds is 13. The molecule has 1 heterocycles. The van der Waals surface area contributed by atoms with E-state index in [0.29, 0.717) is 31.7 Å². The van der Waals surface area contributed by atoms with Crippen LogP contribution in [-0.2, 0) is 20.8 Å². The summed E-state index contributed by atoms with van der Waals surface area (Å²) < 4.78 is 0. The fourth-order valence-corrected chi connectivity index (χ4v) is 3.95. The van der Waals surface area contributed by atoms with Crippen molar-refractivity contribution >= 4 is 34.4 Å². The minimum absolute atomic E-state index is 0.0656. The molecule has 0 aliphatic carbocycles. The number of fused-ring (bicyclic) bond motifs is 1. The van der Waals surface area contributed by atoms with Crippen molar-refractivity contribution in [3.8, 4) is 0 Å². The molecule has 202 valence electrons. The van der Waals surface area contributed by atoms with Crippen molar-refractivity contribution in [2.45, 2.75) is 38.3 Å². The van der Waals surface area contributed by atoms with Gasteiger partial charge in [-0.05, 0) is 31.0 Å². The van der Waals surface area contributed by atoms with Crippen LogP contribution in [0.3, 0.4) is 0 Å². The molecule has 8 N–H and O–H groups in total. The summed E-state index contributed by atoms with van der Waals surface area (Å²) in [5.41, 5.74) is 19.9. The zero-order valence-corrected chi connectivity index (χ0v) is 21.6. The van der Waals surface area contributed by atoms with Crippen LogP contribution in [0.5, 0.6) is 0 Å². The Kier molecular flexibility index (Phi) is 10.6. The van der Waals surface area contributed by atoms with Crippen LogP contribution in [0.1, 0.15) is 24.0 Å². The molecule has 11 heteroatoms. The van der Waals surface area contributed by atoms with Crippen LogP contribution >= 0.6 is 0 Å². The molecule has 3 amide bonds. The van der Waals surface area contributed by atoms with Crippen molar-refractivity contribution in [3.63, 3.8) is 0 Å². The summed E-state index contributed by atoms with van der Waals surface area (Å²) in [4.78, 5) is 40.3. The number of hydrogen-bond acceptors (Lipinski definition) is 8. The minimum atomic E-state index is -0.981. The molecular formula is C27H36N8O3. The van der Waals surface area contributed by atoms with Gasteiger partial charge in [0, 0.05) is 44.4 Å². The molecule has 11 nitrogen and oxygen atoms in total. The van der Waals surface area contributed by atoms with Crippen LogP contribution in [-0.4, -0.2) is 71.1 Å². The highest BCUT2D eigenvalue weighted by atomic mass is 16.2. The Hall–Kier alpha value is -3.93. The van der Waals surface area contributed by atoms with E-state index < -0.39 is 23.9 Å². The standard InChI is InChI=1S/C27H36N8O3/c1-18-6-8-19(9-7-18)16-23(27(38)32-24-17-20-4-2-3-5-22(20)33-34-24)31-26(37)21(30)10-11-25(36)35(14-12-28)15-13-29/h2-9,17,21,23H,10-16,28-30H2,1H3,(H,31,37)(H,32,34,38). The summed E-state index contributed by atoms with van der Waals surface area (Å²) in [7, 11) is 0. The SMILES string of the molecule is Cc1ccc(CC(NC(=O)C(N)CCC(=O)N(CCN)CCN)C(=O)Nc2cc3ccccc3nn2)cc1. The van der Waals surface area contributed by atoms with Gasteiger partial charge in [0.2, 0.25) is 17.7 Å². The number of nitrogens with zero attached hydrogens (tertiary/aromatic N) is 3. The van der Waals surface area contributed by atoms with Crippen LogP contribution in [0.2, 0.25) is 0 Å². The number of anilines is 1. The fourth-order valence-electron chi connectivity index (χ4n) is 3.95. The Bertz CT molecular complexity index is 1230. The highest BCUT2D eigenvalue weighted by molar-refractivity contribution is 5.98. The number of amides is 3. The highest BCUT2D eigenvalue weighted by Crippen LogP contribution is 2.15. The third-order valence-electron chi connectivity index (χ3n) is 6.10. The van der Waals surface area contributed by atoms with Gasteiger partial charge in [0.1, 0.15) is 6.04 Å². The fraction of sp³-hybridized carbons (Fsp3) is 0.370. The zero-order valence-electron chi connectivity index (χ0n) is 21.6. The van der Waals surface area contributed by atoms with E-state index in [2.05, 4.69) is 20.8 Å². The molecule has 2 unspecified atom stereocenters. The quantitative estimate of drug-likeness (QED) is 0.215. The van der Waals surface area contributed by atoms with Crippen molar-refractivity contribution in [1.82, 2.24) is 20.4 Å². The highest BCUT2D eigenvalue weighted by Gasteiger charge is 2.25. The van der Waals surface area contributed by atoms with Gasteiger partial charge in [0.15, 0.2) is 5.82 Å². The lowest BCUT2D eigenvalue weighted by Crippen LogP contribution is -2.51. The number of aryl methyl sites for hydroxylation is 1. The molecule has 0 saturated carbocycles. The molecule has 0 saturated heterocycles. The second-order valence-electron chi connectivity index (χ2n) is 9.13. The molecule has 1 aromatic heterocycles. The average Bonchev–Trinajstić information content (AvgIpc) is 2.92. The van der Waals surface area contributed by atoms with Crippen LogP contribution in [0.25, 0.3) is 10.9 Å². The summed E-state index contributed by atoms with van der Waals surface area (Å²) >= 11 is 0. The molecule has 3 aromatic rings. The van der Waals surface area contributed by atoms with Gasteiger partial charge in [-0.3, -0.25) is 14.4 Å². The number of benzene rings is 2. The Labute approximate surface area is 222 Å². The number of hydrogen-bond donors (Lipinski definition) is 5. The third-order valence-corrected chi connectivity index (χ3v) is 6.10. The normalized spacial score (nSPS) is 12.5. The van der Waals surface area contributed by atoms with Crippen LogP contribution in [0.4, 0.5) is 5.82 Å². The molecule has 2 aromatic carbocycles.